The smallest absolute Gasteiger partial charge is 0.369 e. The molecule has 0 fully saturated rings. The Balaban J connectivity index is 3.17. The van der Waals surface area contributed by atoms with Crippen molar-refractivity contribution in [1.82, 2.24) is 0 Å². The van der Waals surface area contributed by atoms with Gasteiger partial charge in [-0.3, -0.25) is 14.9 Å². The second-order valence-electron chi connectivity index (χ2n) is 3.64. The van der Waals surface area contributed by atoms with Gasteiger partial charge in [0.1, 0.15) is 0 Å². The van der Waals surface area contributed by atoms with Gasteiger partial charge >= 0.3 is 6.18 Å². The molecule has 19 heavy (non-hydrogen) atoms. The lowest BCUT2D eigenvalue weighted by molar-refractivity contribution is -0.385. The largest absolute Gasteiger partial charge is 0.416 e. The Morgan fingerprint density at radius 2 is 2.00 bits per heavy atom. The van der Waals surface area contributed by atoms with E-state index < -0.39 is 28.3 Å². The molecular formula is C11H9F3N2O3. The van der Waals surface area contributed by atoms with Crippen LogP contribution in [0, 0.1) is 10.1 Å². The lowest BCUT2D eigenvalue weighted by Crippen LogP contribution is -2.08. The van der Waals surface area contributed by atoms with Gasteiger partial charge in [-0.2, -0.15) is 13.2 Å². The highest BCUT2D eigenvalue weighted by Gasteiger charge is 2.32. The number of carbonyl (C=O) groups excluding carboxylic acids is 1. The summed E-state index contributed by atoms with van der Waals surface area (Å²) in [7, 11) is 0. The molecule has 0 saturated carbocycles. The summed E-state index contributed by atoms with van der Waals surface area (Å²) < 4.78 is 37.6. The predicted molar refractivity (Wildman–Crippen MR) is 60.9 cm³/mol. The number of non-ortho nitro benzene ring substituents is 1. The Kier molecular flexibility index (Phi) is 4.26. The predicted octanol–water partition coefficient (Wildman–Crippen LogP) is 2.50. The monoisotopic (exact) mass is 274 g/mol. The third-order valence-electron chi connectivity index (χ3n) is 2.11. The summed E-state index contributed by atoms with van der Waals surface area (Å²) in [6.07, 6.45) is -2.43. The molecule has 102 valence electrons. The molecule has 0 spiro atoms. The van der Waals surface area contributed by atoms with E-state index >= 15 is 0 Å². The third kappa shape index (κ3) is 4.41. The molecule has 1 rings (SSSR count). The number of nitro benzene ring substituents is 1. The Morgan fingerprint density at radius 1 is 1.37 bits per heavy atom. The van der Waals surface area contributed by atoms with E-state index in [0.717, 1.165) is 12.1 Å². The molecule has 0 bridgehead atoms. The van der Waals surface area contributed by atoms with Crippen molar-refractivity contribution in [2.24, 2.45) is 5.73 Å². The third-order valence-corrected chi connectivity index (χ3v) is 2.11. The van der Waals surface area contributed by atoms with Gasteiger partial charge in [0.05, 0.1) is 10.5 Å². The maximum atomic E-state index is 12.5. The standard InChI is InChI=1S/C11H9F3N2O3/c12-11(13,14)8-4-7(2-1-3-10(15)17)5-9(6-8)16(18)19/h1-2,4-6H,3H2,(H2,15,17). The zero-order valence-electron chi connectivity index (χ0n) is 9.48. The molecule has 0 aliphatic carbocycles. The van der Waals surface area contributed by atoms with E-state index in [-0.39, 0.29) is 12.0 Å². The van der Waals surface area contributed by atoms with E-state index in [1.165, 1.54) is 12.2 Å². The van der Waals surface area contributed by atoms with Crippen LogP contribution in [0.1, 0.15) is 17.5 Å². The molecule has 0 unspecified atom stereocenters. The molecule has 1 aromatic rings. The molecule has 0 aliphatic heterocycles. The van der Waals surface area contributed by atoms with Gasteiger partial charge in [0.15, 0.2) is 0 Å². The van der Waals surface area contributed by atoms with E-state index in [4.69, 9.17) is 5.73 Å². The van der Waals surface area contributed by atoms with E-state index in [2.05, 4.69) is 0 Å². The molecule has 0 heterocycles. The number of hydrogen-bond acceptors (Lipinski definition) is 3. The van der Waals surface area contributed by atoms with E-state index in [1.807, 2.05) is 0 Å². The maximum Gasteiger partial charge on any atom is 0.416 e. The second-order valence-corrected chi connectivity index (χ2v) is 3.64. The average Bonchev–Trinajstić information content (AvgIpc) is 2.26. The number of nitrogens with zero attached hydrogens (tertiary/aromatic N) is 1. The summed E-state index contributed by atoms with van der Waals surface area (Å²) in [6, 6.07) is 2.18. The van der Waals surface area contributed by atoms with Crippen LogP contribution in [-0.4, -0.2) is 10.8 Å². The van der Waals surface area contributed by atoms with Crippen molar-refractivity contribution in [3.63, 3.8) is 0 Å². The molecule has 0 atom stereocenters. The molecule has 2 N–H and O–H groups in total. The molecule has 0 aromatic heterocycles. The first kappa shape index (κ1) is 14.7. The van der Waals surface area contributed by atoms with Crippen molar-refractivity contribution in [2.75, 3.05) is 0 Å². The Labute approximate surface area is 105 Å². The van der Waals surface area contributed by atoms with Crippen LogP contribution in [0.4, 0.5) is 18.9 Å². The Bertz CT molecular complexity index is 538. The molecule has 0 radical (unpaired) electrons. The normalized spacial score (nSPS) is 11.7. The number of carbonyl (C=O) groups is 1. The lowest BCUT2D eigenvalue weighted by Gasteiger charge is -2.07. The average molecular weight is 274 g/mol. The van der Waals surface area contributed by atoms with Crippen molar-refractivity contribution >= 4 is 17.7 Å². The van der Waals surface area contributed by atoms with Crippen LogP contribution >= 0.6 is 0 Å². The van der Waals surface area contributed by atoms with Crippen LogP contribution in [0.2, 0.25) is 0 Å². The van der Waals surface area contributed by atoms with Crippen LogP contribution in [0.15, 0.2) is 24.3 Å². The number of rotatable bonds is 4. The Hall–Kier alpha value is -2.38. The van der Waals surface area contributed by atoms with Gasteiger partial charge in [0, 0.05) is 18.6 Å². The molecule has 0 aliphatic rings. The number of amides is 1. The van der Waals surface area contributed by atoms with Gasteiger partial charge in [-0.05, 0) is 11.6 Å². The van der Waals surface area contributed by atoms with Crippen LogP contribution in [0.3, 0.4) is 0 Å². The summed E-state index contributed by atoms with van der Waals surface area (Å²) in [5, 5.41) is 10.6. The molecule has 1 aromatic carbocycles. The van der Waals surface area contributed by atoms with Gasteiger partial charge in [-0.25, -0.2) is 0 Å². The van der Waals surface area contributed by atoms with Gasteiger partial charge < -0.3 is 5.73 Å². The molecular weight excluding hydrogens is 265 g/mol. The van der Waals surface area contributed by atoms with Crippen LogP contribution in [0.25, 0.3) is 6.08 Å². The molecule has 0 saturated heterocycles. The number of nitrogens with two attached hydrogens (primary N) is 1. The second kappa shape index (κ2) is 5.51. The minimum Gasteiger partial charge on any atom is -0.369 e. The summed E-state index contributed by atoms with van der Waals surface area (Å²) in [6.45, 7) is 0. The van der Waals surface area contributed by atoms with Crippen LogP contribution in [0.5, 0.6) is 0 Å². The van der Waals surface area contributed by atoms with Crippen molar-refractivity contribution in [2.45, 2.75) is 12.6 Å². The number of hydrogen-bond donors (Lipinski definition) is 1. The van der Waals surface area contributed by atoms with Crippen molar-refractivity contribution < 1.29 is 22.9 Å². The van der Waals surface area contributed by atoms with Crippen LogP contribution < -0.4 is 5.73 Å². The quantitative estimate of drug-likeness (QED) is 0.676. The van der Waals surface area contributed by atoms with Crippen molar-refractivity contribution in [3.8, 4) is 0 Å². The number of nitro groups is 1. The first-order valence-electron chi connectivity index (χ1n) is 5.01. The minimum atomic E-state index is -4.68. The van der Waals surface area contributed by atoms with Crippen molar-refractivity contribution in [3.05, 3.63) is 45.5 Å². The van der Waals surface area contributed by atoms with Gasteiger partial charge in [0.2, 0.25) is 5.91 Å². The fourth-order valence-electron chi connectivity index (χ4n) is 1.31. The van der Waals surface area contributed by atoms with E-state index in [1.54, 1.807) is 0 Å². The highest BCUT2D eigenvalue weighted by molar-refractivity contribution is 5.76. The zero-order chi connectivity index (χ0) is 14.6. The minimum absolute atomic E-state index is 0.0252. The fourth-order valence-corrected chi connectivity index (χ4v) is 1.31. The number of halogens is 3. The summed E-state index contributed by atoms with van der Waals surface area (Å²) in [5.74, 6) is -0.655. The maximum absolute atomic E-state index is 12.5. The van der Waals surface area contributed by atoms with E-state index in [0.29, 0.717) is 6.07 Å². The molecule has 8 heteroatoms. The summed E-state index contributed by atoms with van der Waals surface area (Å²) >= 11 is 0. The highest BCUT2D eigenvalue weighted by Crippen LogP contribution is 2.32. The zero-order valence-corrected chi connectivity index (χ0v) is 9.48. The van der Waals surface area contributed by atoms with Crippen molar-refractivity contribution in [1.29, 1.82) is 0 Å². The Morgan fingerprint density at radius 3 is 2.47 bits per heavy atom. The topological polar surface area (TPSA) is 86.2 Å². The summed E-state index contributed by atoms with van der Waals surface area (Å²) in [4.78, 5) is 20.1. The molecule has 5 nitrogen and oxygen atoms in total. The lowest BCUT2D eigenvalue weighted by atomic mass is 10.1. The first-order chi connectivity index (χ1) is 8.70. The van der Waals surface area contributed by atoms with Crippen LogP contribution in [-0.2, 0) is 11.0 Å². The summed E-state index contributed by atoms with van der Waals surface area (Å²) in [5.41, 5.74) is 3.03. The van der Waals surface area contributed by atoms with Gasteiger partial charge in [0.25, 0.3) is 5.69 Å². The van der Waals surface area contributed by atoms with Gasteiger partial charge in [-0.1, -0.05) is 12.2 Å². The fraction of sp³-hybridized carbons (Fsp3) is 0.182. The number of alkyl halides is 3. The van der Waals surface area contributed by atoms with E-state index in [9.17, 15) is 28.1 Å². The molecule has 1 amide bonds. The highest BCUT2D eigenvalue weighted by atomic mass is 19.4. The SMILES string of the molecule is NC(=O)CC=Cc1cc([N+](=O)[O-])cc(C(F)(F)F)c1. The number of benzene rings is 1. The first-order valence-corrected chi connectivity index (χ1v) is 5.01. The van der Waals surface area contributed by atoms with Gasteiger partial charge in [-0.15, -0.1) is 0 Å². The number of primary amides is 1.